The van der Waals surface area contributed by atoms with Gasteiger partial charge in [-0.3, -0.25) is 30.6 Å². The largest absolute Gasteiger partial charge is 0.769 e. The van der Waals surface area contributed by atoms with Crippen LogP contribution < -0.4 is 26.3 Å². The van der Waals surface area contributed by atoms with Crippen LogP contribution in [0.3, 0.4) is 0 Å². The van der Waals surface area contributed by atoms with Gasteiger partial charge in [-0.25, -0.2) is 4.90 Å². The number of hydrogen-bond donors (Lipinski definition) is 4. The van der Waals surface area contributed by atoms with E-state index in [4.69, 9.17) is 46.4 Å². The lowest BCUT2D eigenvalue weighted by molar-refractivity contribution is -0.383. The number of carbonyl (C=O) groups excluding carboxylic acids is 2. The molecule has 17 heteroatoms. The van der Waals surface area contributed by atoms with Crippen molar-refractivity contribution in [2.24, 2.45) is 5.92 Å². The molecule has 1 aliphatic heterocycles. The Morgan fingerprint density at radius 1 is 0.925 bits per heavy atom. The molecular weight excluding hydrogens is 614 g/mol. The van der Waals surface area contributed by atoms with Crippen LogP contribution in [0.2, 0.25) is 20.1 Å². The second-order valence-corrected chi connectivity index (χ2v) is 9.71. The molecule has 1 unspecified atom stereocenters. The molecule has 3 aromatic carbocycles. The first-order valence-corrected chi connectivity index (χ1v) is 12.3. The first kappa shape index (κ1) is 29.0. The molecule has 4 rings (SSSR count). The second-order valence-electron chi connectivity index (χ2n) is 8.02. The number of nitro groups is 1. The third-order valence-electron chi connectivity index (χ3n) is 5.53. The lowest BCUT2D eigenvalue weighted by Gasteiger charge is -2.37. The fourth-order valence-corrected chi connectivity index (χ4v) is 4.64. The molecule has 0 fully saturated rings. The Morgan fingerprint density at radius 2 is 1.55 bits per heavy atom. The molecule has 1 aliphatic rings. The smallest absolute Gasteiger partial charge is 0.296 e. The zero-order valence-electron chi connectivity index (χ0n) is 19.5. The molecular formula is C23H14Cl4N6O7-2. The molecule has 1 heterocycles. The maximum Gasteiger partial charge on any atom is 0.296 e. The van der Waals surface area contributed by atoms with Crippen LogP contribution in [0.25, 0.3) is 0 Å². The molecule has 1 atom stereocenters. The number of hydrogen-bond acceptors (Lipinski definition) is 10. The average molecular weight is 628 g/mol. The number of aliphatic hydroxyl groups excluding tert-OH is 1. The maximum atomic E-state index is 13.5. The van der Waals surface area contributed by atoms with Gasteiger partial charge >= 0.3 is 0 Å². The van der Waals surface area contributed by atoms with Crippen molar-refractivity contribution < 1.29 is 19.6 Å². The van der Waals surface area contributed by atoms with E-state index in [0.717, 1.165) is 17.0 Å². The minimum atomic E-state index is -1.75. The number of halogens is 4. The Bertz CT molecular complexity index is 1570. The lowest BCUT2D eigenvalue weighted by Crippen LogP contribution is -2.38. The van der Waals surface area contributed by atoms with Crippen LogP contribution in [-0.2, 0) is 9.59 Å². The first-order chi connectivity index (χ1) is 18.9. The highest BCUT2D eigenvalue weighted by Crippen LogP contribution is 2.38. The summed E-state index contributed by atoms with van der Waals surface area (Å²) in [7, 11) is 0. The molecule has 3 aromatic rings. The molecule has 0 aliphatic carbocycles. The van der Waals surface area contributed by atoms with Gasteiger partial charge in [-0.2, -0.15) is 0 Å². The van der Waals surface area contributed by atoms with E-state index in [1.807, 2.05) is 0 Å². The summed E-state index contributed by atoms with van der Waals surface area (Å²) in [5.41, 5.74) is 3.02. The van der Waals surface area contributed by atoms with E-state index < -0.39 is 50.8 Å². The van der Waals surface area contributed by atoms with Gasteiger partial charge in [0.2, 0.25) is 11.8 Å². The molecule has 4 N–H and O–H groups in total. The number of carbonyl (C=O) groups is 2. The van der Waals surface area contributed by atoms with Gasteiger partial charge in [0.05, 0.1) is 26.3 Å². The summed E-state index contributed by atoms with van der Waals surface area (Å²) < 4.78 is 0. The predicted molar refractivity (Wildman–Crippen MR) is 151 cm³/mol. The Kier molecular flexibility index (Phi) is 8.44. The summed E-state index contributed by atoms with van der Waals surface area (Å²) in [5, 5.41) is 46.9. The van der Waals surface area contributed by atoms with Gasteiger partial charge in [-0.1, -0.05) is 46.4 Å². The quantitative estimate of drug-likeness (QED) is 0.132. The number of aliphatic hydroxyl groups is 1. The van der Waals surface area contributed by atoms with Crippen LogP contribution in [-0.4, -0.2) is 21.8 Å². The van der Waals surface area contributed by atoms with Gasteiger partial charge in [0.1, 0.15) is 11.4 Å². The molecule has 0 saturated heterocycles. The number of nitro benzene ring substituents is 1. The number of rotatable bonds is 8. The molecule has 0 radical (unpaired) electrons. The molecule has 13 nitrogen and oxygen atoms in total. The first-order valence-electron chi connectivity index (χ1n) is 10.8. The highest BCUT2D eigenvalue weighted by atomic mass is 35.5. The van der Waals surface area contributed by atoms with Gasteiger partial charge < -0.3 is 26.1 Å². The van der Waals surface area contributed by atoms with Crippen molar-refractivity contribution in [1.29, 1.82) is 0 Å². The fraction of sp³-hybridized carbons (Fsp3) is 0.0435. The Hall–Kier alpha value is -3.98. The number of hydrazine groups is 1. The molecule has 0 aromatic heterocycles. The molecule has 0 spiro atoms. The van der Waals surface area contributed by atoms with E-state index >= 15 is 0 Å². The summed E-state index contributed by atoms with van der Waals surface area (Å²) >= 11 is 24.2. The Morgan fingerprint density at radius 3 is 2.15 bits per heavy atom. The second kappa shape index (κ2) is 11.6. The van der Waals surface area contributed by atoms with Gasteiger partial charge in [0.15, 0.2) is 5.92 Å². The number of nitrogens with zero attached hydrogens (tertiary/aromatic N) is 3. The van der Waals surface area contributed by atoms with E-state index in [1.165, 1.54) is 36.4 Å². The molecule has 2 amide bonds. The van der Waals surface area contributed by atoms with Crippen LogP contribution >= 0.6 is 46.4 Å². The Balaban J connectivity index is 1.73. The fourth-order valence-electron chi connectivity index (χ4n) is 3.69. The number of anilines is 4. The molecule has 0 bridgehead atoms. The Labute approximate surface area is 244 Å². The van der Waals surface area contributed by atoms with E-state index in [-0.39, 0.29) is 37.2 Å². The highest BCUT2D eigenvalue weighted by molar-refractivity contribution is 6.38. The van der Waals surface area contributed by atoms with Crippen LogP contribution in [0.4, 0.5) is 28.4 Å². The monoisotopic (exact) mass is 626 g/mol. The molecule has 40 heavy (non-hydrogen) atoms. The summed E-state index contributed by atoms with van der Waals surface area (Å²) in [5.74, 6) is -4.42. The highest BCUT2D eigenvalue weighted by Gasteiger charge is 2.46. The van der Waals surface area contributed by atoms with E-state index in [9.17, 15) is 35.2 Å². The topological polar surface area (TPSA) is 186 Å². The molecule has 208 valence electrons. The SMILES string of the molecule is O=C(Nc1ccc(Cl)cc1Cl)C1C(=O)N(c2ccc(Cl)cc2Cl)C(O)=C1NNc1ccc(N([O-])[O-])cc1[N+](=O)[O-]. The van der Waals surface area contributed by atoms with Crippen LogP contribution in [0.1, 0.15) is 0 Å². The van der Waals surface area contributed by atoms with Crippen molar-refractivity contribution in [3.8, 4) is 0 Å². The van der Waals surface area contributed by atoms with E-state index in [1.54, 1.807) is 0 Å². The van der Waals surface area contributed by atoms with Crippen molar-refractivity contribution >= 4 is 86.7 Å². The van der Waals surface area contributed by atoms with E-state index in [0.29, 0.717) is 6.07 Å². The van der Waals surface area contributed by atoms with Gasteiger partial charge in [0.25, 0.3) is 11.6 Å². The van der Waals surface area contributed by atoms with Crippen molar-refractivity contribution in [3.63, 3.8) is 0 Å². The maximum absolute atomic E-state index is 13.5. The summed E-state index contributed by atoms with van der Waals surface area (Å²) in [6.45, 7) is 0. The van der Waals surface area contributed by atoms with E-state index in [2.05, 4.69) is 16.2 Å². The third kappa shape index (κ3) is 5.79. The average Bonchev–Trinajstić information content (AvgIpc) is 3.13. The zero-order chi connectivity index (χ0) is 29.3. The minimum absolute atomic E-state index is 0.0194. The van der Waals surface area contributed by atoms with Crippen LogP contribution in [0.15, 0.2) is 66.2 Å². The third-order valence-corrected chi connectivity index (χ3v) is 6.62. The van der Waals surface area contributed by atoms with Crippen molar-refractivity contribution in [3.05, 3.63) is 107 Å². The summed E-state index contributed by atoms with van der Waals surface area (Å²) in [6, 6.07) is 11.0. The summed E-state index contributed by atoms with van der Waals surface area (Å²) in [6.07, 6.45) is 0. The summed E-state index contributed by atoms with van der Waals surface area (Å²) in [4.78, 5) is 38.2. The number of amides is 2. The van der Waals surface area contributed by atoms with Gasteiger partial charge in [-0.05, 0) is 48.5 Å². The van der Waals surface area contributed by atoms with Crippen LogP contribution in [0, 0.1) is 26.4 Å². The standard InChI is InChI=1S/C23H14Cl4N6O7/c24-10-1-4-15(13(26)7-10)28-21(34)19-20(23(36)31(22(19)35)17-6-2-11(25)8-14(17)27)30-29-16-5-3-12(32(37)38)9-18(16)33(39)40/h1-9,19,29-30,36H,(H,28,34)/q-2. The number of nitrogens with one attached hydrogen (secondary N) is 3. The minimum Gasteiger partial charge on any atom is -0.769 e. The van der Waals surface area contributed by atoms with Crippen molar-refractivity contribution in [1.82, 2.24) is 5.43 Å². The number of benzene rings is 3. The van der Waals surface area contributed by atoms with Crippen LogP contribution in [0.5, 0.6) is 0 Å². The van der Waals surface area contributed by atoms with Crippen molar-refractivity contribution in [2.45, 2.75) is 0 Å². The van der Waals surface area contributed by atoms with Gasteiger partial charge in [0, 0.05) is 21.8 Å². The molecule has 0 saturated carbocycles. The zero-order valence-corrected chi connectivity index (χ0v) is 22.5. The van der Waals surface area contributed by atoms with Crippen molar-refractivity contribution in [2.75, 3.05) is 20.9 Å². The normalized spacial score (nSPS) is 14.8. The lowest BCUT2D eigenvalue weighted by atomic mass is 10.1. The van der Waals surface area contributed by atoms with Gasteiger partial charge in [-0.15, -0.1) is 0 Å². The predicted octanol–water partition coefficient (Wildman–Crippen LogP) is 5.96.